The fourth-order valence-corrected chi connectivity index (χ4v) is 3.34. The van der Waals surface area contributed by atoms with Gasteiger partial charge in [0.15, 0.2) is 0 Å². The van der Waals surface area contributed by atoms with Crippen molar-refractivity contribution < 1.29 is 18.3 Å². The second kappa shape index (κ2) is 5.35. The smallest absolute Gasteiger partial charge is 0.324 e. The number of hydrogen-bond donors (Lipinski definition) is 2. The van der Waals surface area contributed by atoms with E-state index in [1.54, 1.807) is 0 Å². The lowest BCUT2D eigenvalue weighted by molar-refractivity contribution is -0.145. The van der Waals surface area contributed by atoms with Gasteiger partial charge in [-0.2, -0.15) is 4.72 Å². The molecule has 0 bridgehead atoms. The van der Waals surface area contributed by atoms with Crippen LogP contribution in [-0.4, -0.2) is 30.8 Å². The van der Waals surface area contributed by atoms with Crippen molar-refractivity contribution in [1.29, 1.82) is 0 Å². The van der Waals surface area contributed by atoms with Crippen LogP contribution in [0.15, 0.2) is 0 Å². The lowest BCUT2D eigenvalue weighted by Gasteiger charge is -2.36. The number of aliphatic carboxylic acids is 1. The maximum absolute atomic E-state index is 11.6. The lowest BCUT2D eigenvalue weighted by Crippen LogP contribution is -2.56. The SMILES string of the molecule is CCC1CCC(NS(=O)(=O)CC)(C(=O)O)CC1. The molecular weight excluding hydrogens is 242 g/mol. The minimum absolute atomic E-state index is 0.0841. The van der Waals surface area contributed by atoms with Gasteiger partial charge in [-0.15, -0.1) is 0 Å². The Balaban J connectivity index is 2.83. The molecule has 0 aromatic rings. The molecule has 0 aromatic heterocycles. The molecule has 1 saturated carbocycles. The Morgan fingerprint density at radius 1 is 1.35 bits per heavy atom. The van der Waals surface area contributed by atoms with Crippen molar-refractivity contribution in [2.45, 2.75) is 51.5 Å². The first kappa shape index (κ1) is 14.4. The molecule has 0 aliphatic heterocycles. The number of rotatable bonds is 5. The summed E-state index contributed by atoms with van der Waals surface area (Å²) in [5.74, 6) is -0.614. The zero-order valence-corrected chi connectivity index (χ0v) is 11.2. The normalized spacial score (nSPS) is 30.1. The van der Waals surface area contributed by atoms with Crippen molar-refractivity contribution in [3.63, 3.8) is 0 Å². The third-order valence-electron chi connectivity index (χ3n) is 3.68. The number of sulfonamides is 1. The lowest BCUT2D eigenvalue weighted by atomic mass is 9.76. The summed E-state index contributed by atoms with van der Waals surface area (Å²) in [5.41, 5.74) is -1.28. The second-order valence-corrected chi connectivity index (χ2v) is 6.76. The van der Waals surface area contributed by atoms with E-state index < -0.39 is 21.5 Å². The van der Waals surface area contributed by atoms with Crippen LogP contribution in [0, 0.1) is 5.92 Å². The predicted molar refractivity (Wildman–Crippen MR) is 65.2 cm³/mol. The van der Waals surface area contributed by atoms with E-state index in [-0.39, 0.29) is 5.75 Å². The van der Waals surface area contributed by atoms with Gasteiger partial charge in [-0.1, -0.05) is 13.3 Å². The van der Waals surface area contributed by atoms with Crippen molar-refractivity contribution >= 4 is 16.0 Å². The number of carboxylic acids is 1. The molecule has 0 heterocycles. The first-order chi connectivity index (χ1) is 7.85. The third kappa shape index (κ3) is 3.42. The molecule has 0 spiro atoms. The Hall–Kier alpha value is -0.620. The van der Waals surface area contributed by atoms with E-state index >= 15 is 0 Å². The average Bonchev–Trinajstić information content (AvgIpc) is 2.29. The number of carbonyl (C=O) groups is 1. The monoisotopic (exact) mass is 263 g/mol. The van der Waals surface area contributed by atoms with Crippen molar-refractivity contribution in [2.24, 2.45) is 5.92 Å². The molecular formula is C11H21NO4S. The van der Waals surface area contributed by atoms with E-state index in [1.165, 1.54) is 6.92 Å². The molecule has 0 aromatic carbocycles. The van der Waals surface area contributed by atoms with Gasteiger partial charge in [0, 0.05) is 0 Å². The maximum atomic E-state index is 11.6. The zero-order chi connectivity index (χ0) is 13.1. The van der Waals surface area contributed by atoms with Crippen LogP contribution in [0.2, 0.25) is 0 Å². The molecule has 1 aliphatic carbocycles. The van der Waals surface area contributed by atoms with Crippen LogP contribution in [0.1, 0.15) is 46.0 Å². The summed E-state index contributed by atoms with van der Waals surface area (Å²) in [6, 6.07) is 0. The third-order valence-corrected chi connectivity index (χ3v) is 5.14. The average molecular weight is 263 g/mol. The molecule has 100 valence electrons. The fraction of sp³-hybridized carbons (Fsp3) is 0.909. The molecule has 0 atom stereocenters. The van der Waals surface area contributed by atoms with Gasteiger partial charge < -0.3 is 5.11 Å². The van der Waals surface area contributed by atoms with Crippen LogP contribution in [0.3, 0.4) is 0 Å². The number of hydrogen-bond acceptors (Lipinski definition) is 3. The van der Waals surface area contributed by atoms with Crippen molar-refractivity contribution in [1.82, 2.24) is 4.72 Å². The number of nitrogens with one attached hydrogen (secondary N) is 1. The largest absolute Gasteiger partial charge is 0.480 e. The molecule has 0 unspecified atom stereocenters. The van der Waals surface area contributed by atoms with Gasteiger partial charge in [0.2, 0.25) is 10.0 Å². The molecule has 17 heavy (non-hydrogen) atoms. The summed E-state index contributed by atoms with van der Waals surface area (Å²) in [5, 5.41) is 9.28. The van der Waals surface area contributed by atoms with Gasteiger partial charge in [-0.05, 0) is 38.5 Å². The highest BCUT2D eigenvalue weighted by Crippen LogP contribution is 2.34. The van der Waals surface area contributed by atoms with E-state index in [0.717, 1.165) is 19.3 Å². The van der Waals surface area contributed by atoms with Crippen LogP contribution in [0.25, 0.3) is 0 Å². The molecule has 1 rings (SSSR count). The molecule has 0 radical (unpaired) electrons. The highest BCUT2D eigenvalue weighted by Gasteiger charge is 2.44. The summed E-state index contributed by atoms with van der Waals surface area (Å²) in [6.07, 6.45) is 3.35. The Labute approximate surface area is 103 Å². The topological polar surface area (TPSA) is 83.5 Å². The van der Waals surface area contributed by atoms with Crippen molar-refractivity contribution in [2.75, 3.05) is 5.75 Å². The van der Waals surface area contributed by atoms with Gasteiger partial charge in [-0.3, -0.25) is 4.79 Å². The van der Waals surface area contributed by atoms with Crippen LogP contribution >= 0.6 is 0 Å². The van der Waals surface area contributed by atoms with Crippen molar-refractivity contribution in [3.8, 4) is 0 Å². The predicted octanol–water partition coefficient (Wildman–Crippen LogP) is 1.35. The zero-order valence-electron chi connectivity index (χ0n) is 10.4. The van der Waals surface area contributed by atoms with Crippen LogP contribution < -0.4 is 4.72 Å². The first-order valence-electron chi connectivity index (χ1n) is 6.10. The minimum Gasteiger partial charge on any atom is -0.480 e. The van der Waals surface area contributed by atoms with E-state index in [9.17, 15) is 18.3 Å². The quantitative estimate of drug-likeness (QED) is 0.784. The summed E-state index contributed by atoms with van der Waals surface area (Å²) in [6.45, 7) is 3.59. The minimum atomic E-state index is -3.48. The summed E-state index contributed by atoms with van der Waals surface area (Å²) in [7, 11) is -3.48. The van der Waals surface area contributed by atoms with Gasteiger partial charge in [-0.25, -0.2) is 8.42 Å². The van der Waals surface area contributed by atoms with Gasteiger partial charge in [0.1, 0.15) is 5.54 Å². The van der Waals surface area contributed by atoms with Gasteiger partial charge in [0.05, 0.1) is 5.75 Å². The van der Waals surface area contributed by atoms with E-state index in [2.05, 4.69) is 11.6 Å². The summed E-state index contributed by atoms with van der Waals surface area (Å²) >= 11 is 0. The fourth-order valence-electron chi connectivity index (χ4n) is 2.31. The molecule has 6 heteroatoms. The second-order valence-electron chi connectivity index (χ2n) is 4.74. The summed E-state index contributed by atoms with van der Waals surface area (Å²) in [4.78, 5) is 11.3. The van der Waals surface area contributed by atoms with Gasteiger partial charge >= 0.3 is 5.97 Å². The molecule has 0 saturated heterocycles. The highest BCUT2D eigenvalue weighted by molar-refractivity contribution is 7.89. The van der Waals surface area contributed by atoms with Crippen LogP contribution in [-0.2, 0) is 14.8 Å². The first-order valence-corrected chi connectivity index (χ1v) is 7.75. The molecule has 5 nitrogen and oxygen atoms in total. The Bertz CT molecular complexity index is 369. The molecule has 0 amide bonds. The van der Waals surface area contributed by atoms with E-state index in [0.29, 0.717) is 18.8 Å². The van der Waals surface area contributed by atoms with E-state index in [1.807, 2.05) is 0 Å². The molecule has 2 N–H and O–H groups in total. The Morgan fingerprint density at radius 2 is 1.88 bits per heavy atom. The number of carboxylic acid groups (broad SMARTS) is 1. The Kier molecular flexibility index (Phi) is 4.55. The Morgan fingerprint density at radius 3 is 2.24 bits per heavy atom. The van der Waals surface area contributed by atoms with Crippen molar-refractivity contribution in [3.05, 3.63) is 0 Å². The maximum Gasteiger partial charge on any atom is 0.324 e. The van der Waals surface area contributed by atoms with Crippen LogP contribution in [0.4, 0.5) is 0 Å². The highest BCUT2D eigenvalue weighted by atomic mass is 32.2. The molecule has 1 fully saturated rings. The van der Waals surface area contributed by atoms with Crippen LogP contribution in [0.5, 0.6) is 0 Å². The standard InChI is InChI=1S/C11H21NO4S/c1-3-9-5-7-11(8-6-9,10(13)14)12-17(15,16)4-2/h9,12H,3-8H2,1-2H3,(H,13,14). The van der Waals surface area contributed by atoms with E-state index in [4.69, 9.17) is 0 Å². The summed E-state index contributed by atoms with van der Waals surface area (Å²) < 4.78 is 25.5. The van der Waals surface area contributed by atoms with Gasteiger partial charge in [0.25, 0.3) is 0 Å². The molecule has 1 aliphatic rings.